The van der Waals surface area contributed by atoms with E-state index in [1.54, 1.807) is 6.92 Å². The number of halogens is 2. The van der Waals surface area contributed by atoms with E-state index in [0.29, 0.717) is 10.6 Å². The molecule has 25 heavy (non-hydrogen) atoms. The van der Waals surface area contributed by atoms with E-state index in [-0.39, 0.29) is 17.4 Å². The molecule has 0 fully saturated rings. The maximum Gasteiger partial charge on any atom is 0.262 e. The van der Waals surface area contributed by atoms with Crippen molar-refractivity contribution in [3.63, 3.8) is 0 Å². The third kappa shape index (κ3) is 5.37. The Labute approximate surface area is 159 Å². The first-order valence-electron chi connectivity index (χ1n) is 7.32. The van der Waals surface area contributed by atoms with Crippen LogP contribution >= 0.6 is 27.5 Å². The van der Waals surface area contributed by atoms with Crippen molar-refractivity contribution in [1.29, 1.82) is 0 Å². The molecule has 1 atom stereocenters. The monoisotopic (exact) mass is 425 g/mol. The van der Waals surface area contributed by atoms with E-state index in [2.05, 4.69) is 31.8 Å². The summed E-state index contributed by atoms with van der Waals surface area (Å²) < 4.78 is 5.97. The van der Waals surface area contributed by atoms with Crippen LogP contribution in [0.3, 0.4) is 0 Å². The number of aromatic hydroxyl groups is 1. The molecule has 0 saturated heterocycles. The number of rotatable bonds is 6. The molecule has 0 aliphatic rings. The van der Waals surface area contributed by atoms with Gasteiger partial charge in [0.05, 0.1) is 13.3 Å². The number of carbonyl (C=O) groups is 1. The van der Waals surface area contributed by atoms with Gasteiger partial charge in [-0.3, -0.25) is 4.79 Å². The number of benzene rings is 2. The zero-order valence-electron chi connectivity index (χ0n) is 13.6. The summed E-state index contributed by atoms with van der Waals surface area (Å²) in [4.78, 5) is 12.1. The minimum absolute atomic E-state index is 0.106. The predicted octanol–water partition coefficient (Wildman–Crippen LogP) is 3.77. The molecular formula is C17H17BrClN3O3. The minimum atomic E-state index is -0.499. The molecule has 2 rings (SSSR count). The van der Waals surface area contributed by atoms with E-state index >= 15 is 0 Å². The quantitative estimate of drug-likeness (QED) is 0.485. The van der Waals surface area contributed by atoms with E-state index in [1.165, 1.54) is 25.5 Å². The topological polar surface area (TPSA) is 83.0 Å². The molecule has 2 aromatic carbocycles. The summed E-state index contributed by atoms with van der Waals surface area (Å²) in [7, 11) is 1.42. The smallest absolute Gasteiger partial charge is 0.262 e. The average molecular weight is 427 g/mol. The predicted molar refractivity (Wildman–Crippen MR) is 103 cm³/mol. The van der Waals surface area contributed by atoms with E-state index in [0.717, 1.165) is 10.2 Å². The molecule has 2 aromatic rings. The molecule has 6 nitrogen and oxygen atoms in total. The van der Waals surface area contributed by atoms with Crippen LogP contribution in [0.25, 0.3) is 0 Å². The van der Waals surface area contributed by atoms with Gasteiger partial charge in [0.2, 0.25) is 0 Å². The summed E-state index contributed by atoms with van der Waals surface area (Å²) in [6.45, 7) is 1.72. The van der Waals surface area contributed by atoms with Gasteiger partial charge >= 0.3 is 0 Å². The van der Waals surface area contributed by atoms with Crippen LogP contribution in [0.1, 0.15) is 12.5 Å². The number of hydrazone groups is 1. The fourth-order valence-electron chi connectivity index (χ4n) is 1.97. The molecule has 0 aromatic heterocycles. The van der Waals surface area contributed by atoms with Gasteiger partial charge in [0.15, 0.2) is 11.5 Å². The van der Waals surface area contributed by atoms with Gasteiger partial charge < -0.3 is 15.2 Å². The normalized spacial score (nSPS) is 12.0. The van der Waals surface area contributed by atoms with Gasteiger partial charge in [-0.25, -0.2) is 5.43 Å². The highest BCUT2D eigenvalue weighted by molar-refractivity contribution is 9.10. The molecule has 0 spiro atoms. The summed E-state index contributed by atoms with van der Waals surface area (Å²) in [6, 6.07) is 9.96. The number of amides is 1. The first-order chi connectivity index (χ1) is 11.9. The molecule has 0 bridgehead atoms. The third-order valence-corrected chi connectivity index (χ3v) is 4.04. The number of nitrogens with one attached hydrogen (secondary N) is 2. The second-order valence-corrected chi connectivity index (χ2v) is 6.51. The number of ether oxygens (including phenoxy) is 1. The second-order valence-electron chi connectivity index (χ2n) is 5.15. The van der Waals surface area contributed by atoms with E-state index in [9.17, 15) is 9.90 Å². The van der Waals surface area contributed by atoms with Gasteiger partial charge in [-0.1, -0.05) is 27.5 Å². The maximum absolute atomic E-state index is 12.1. The Morgan fingerprint density at radius 3 is 2.68 bits per heavy atom. The Hall–Kier alpha value is -2.25. The molecule has 132 valence electrons. The number of anilines is 1. The summed E-state index contributed by atoms with van der Waals surface area (Å²) in [5.41, 5.74) is 3.55. The highest BCUT2D eigenvalue weighted by atomic mass is 79.9. The Morgan fingerprint density at radius 2 is 2.04 bits per heavy atom. The number of phenols is 1. The Morgan fingerprint density at radius 1 is 1.36 bits per heavy atom. The third-order valence-electron chi connectivity index (χ3n) is 3.29. The highest BCUT2D eigenvalue weighted by Crippen LogP contribution is 2.32. The number of methoxy groups -OCH3 is 1. The van der Waals surface area contributed by atoms with Crippen LogP contribution in [0.4, 0.5) is 5.69 Å². The summed E-state index contributed by atoms with van der Waals surface area (Å²) in [5, 5.41) is 17.3. The van der Waals surface area contributed by atoms with Crippen LogP contribution in [-0.4, -0.2) is 30.4 Å². The van der Waals surface area contributed by atoms with Crippen molar-refractivity contribution in [2.24, 2.45) is 5.10 Å². The number of hydrogen-bond acceptors (Lipinski definition) is 5. The van der Waals surface area contributed by atoms with Crippen LogP contribution in [0.15, 0.2) is 46.0 Å². The first kappa shape index (κ1) is 19.1. The average Bonchev–Trinajstić information content (AvgIpc) is 2.59. The van der Waals surface area contributed by atoms with E-state index in [1.807, 2.05) is 24.3 Å². The molecule has 8 heteroatoms. The Bertz CT molecular complexity index is 781. The van der Waals surface area contributed by atoms with Crippen LogP contribution in [-0.2, 0) is 4.79 Å². The summed E-state index contributed by atoms with van der Waals surface area (Å²) >= 11 is 9.29. The van der Waals surface area contributed by atoms with Crippen LogP contribution in [0, 0.1) is 0 Å². The standard InChI is InChI=1S/C17H17BrClN3O3/c1-10(21-14-5-3-12(18)4-6-14)17(24)22-20-9-11-7-13(19)8-15(25-2)16(11)23/h3-10,21,23H,1-2H3,(H,22,24)/b20-9+/t10-/m0/s1. The van der Waals surface area contributed by atoms with E-state index < -0.39 is 6.04 Å². The molecule has 0 heterocycles. The first-order valence-corrected chi connectivity index (χ1v) is 8.49. The van der Waals surface area contributed by atoms with Gasteiger partial charge in [0.25, 0.3) is 5.91 Å². The van der Waals surface area contributed by atoms with Crippen LogP contribution < -0.4 is 15.5 Å². The largest absolute Gasteiger partial charge is 0.504 e. The molecular weight excluding hydrogens is 410 g/mol. The molecule has 0 radical (unpaired) electrons. The fourth-order valence-corrected chi connectivity index (χ4v) is 2.45. The zero-order chi connectivity index (χ0) is 18.4. The van der Waals surface area contributed by atoms with Crippen molar-refractivity contribution in [3.8, 4) is 11.5 Å². The Kier molecular flexibility index (Phi) is 6.66. The molecule has 0 aliphatic heterocycles. The lowest BCUT2D eigenvalue weighted by molar-refractivity contribution is -0.121. The van der Waals surface area contributed by atoms with Gasteiger partial charge in [-0.05, 0) is 37.3 Å². The SMILES string of the molecule is COc1cc(Cl)cc(/C=N/NC(=O)[C@H](C)Nc2ccc(Br)cc2)c1O. The lowest BCUT2D eigenvalue weighted by atomic mass is 10.2. The molecule has 0 aliphatic carbocycles. The summed E-state index contributed by atoms with van der Waals surface area (Å²) in [5.74, 6) is -0.205. The zero-order valence-corrected chi connectivity index (χ0v) is 15.9. The number of carbonyl (C=O) groups excluding carboxylic acids is 1. The van der Waals surface area contributed by atoms with Crippen molar-refractivity contribution in [2.75, 3.05) is 12.4 Å². The van der Waals surface area contributed by atoms with E-state index in [4.69, 9.17) is 16.3 Å². The van der Waals surface area contributed by atoms with Gasteiger partial charge in [-0.2, -0.15) is 5.10 Å². The maximum atomic E-state index is 12.1. The molecule has 1 amide bonds. The Balaban J connectivity index is 1.98. The van der Waals surface area contributed by atoms with Gasteiger partial charge in [0, 0.05) is 26.8 Å². The minimum Gasteiger partial charge on any atom is -0.504 e. The number of phenolic OH excluding ortho intramolecular Hbond substituents is 1. The highest BCUT2D eigenvalue weighted by Gasteiger charge is 2.12. The van der Waals surface area contributed by atoms with Crippen molar-refractivity contribution in [1.82, 2.24) is 5.43 Å². The second kappa shape index (κ2) is 8.73. The van der Waals surface area contributed by atoms with Crippen LogP contribution in [0.2, 0.25) is 5.02 Å². The van der Waals surface area contributed by atoms with Gasteiger partial charge in [0.1, 0.15) is 6.04 Å². The lowest BCUT2D eigenvalue weighted by Gasteiger charge is -2.13. The summed E-state index contributed by atoms with van der Waals surface area (Å²) in [6.07, 6.45) is 1.30. The number of hydrogen-bond donors (Lipinski definition) is 3. The molecule has 0 saturated carbocycles. The van der Waals surface area contributed by atoms with Crippen molar-refractivity contribution >= 4 is 45.3 Å². The lowest BCUT2D eigenvalue weighted by Crippen LogP contribution is -2.34. The van der Waals surface area contributed by atoms with Crippen LogP contribution in [0.5, 0.6) is 11.5 Å². The fraction of sp³-hybridized carbons (Fsp3) is 0.176. The molecule has 3 N–H and O–H groups in total. The van der Waals surface area contributed by atoms with Crippen molar-refractivity contribution in [3.05, 3.63) is 51.5 Å². The van der Waals surface area contributed by atoms with Crippen molar-refractivity contribution in [2.45, 2.75) is 13.0 Å². The number of nitrogens with zero attached hydrogens (tertiary/aromatic N) is 1. The molecule has 0 unspecified atom stereocenters. The van der Waals surface area contributed by atoms with Gasteiger partial charge in [-0.15, -0.1) is 0 Å². The van der Waals surface area contributed by atoms with Crippen molar-refractivity contribution < 1.29 is 14.6 Å².